The third-order valence-corrected chi connectivity index (χ3v) is 8.84. The summed E-state index contributed by atoms with van der Waals surface area (Å²) in [7, 11) is 0. The molecule has 0 atom stereocenters. The second kappa shape index (κ2) is 11.7. The van der Waals surface area contributed by atoms with Gasteiger partial charge in [-0.1, -0.05) is 120 Å². The quantitative estimate of drug-likeness (QED) is 0.196. The normalized spacial score (nSPS) is 12.0. The molecule has 0 saturated heterocycles. The first-order valence-electron chi connectivity index (χ1n) is 16.0. The van der Waals surface area contributed by atoms with Gasteiger partial charge in [0.25, 0.3) is 0 Å². The summed E-state index contributed by atoms with van der Waals surface area (Å²) in [6.07, 6.45) is 3.96. The molecule has 6 aromatic rings. The van der Waals surface area contributed by atoms with Crippen LogP contribution in [0, 0.1) is 13.8 Å². The Morgan fingerprint density at radius 1 is 0.467 bits per heavy atom. The number of hydrogen-bond donors (Lipinski definition) is 0. The first kappa shape index (κ1) is 30.3. The summed E-state index contributed by atoms with van der Waals surface area (Å²) in [4.78, 5) is 4.72. The van der Waals surface area contributed by atoms with Crippen LogP contribution in [0.15, 0.2) is 122 Å². The van der Waals surface area contributed by atoms with Crippen LogP contribution < -0.4 is 0 Å². The average molecular weight is 589 g/mol. The van der Waals surface area contributed by atoms with Crippen molar-refractivity contribution in [3.8, 4) is 50.5 Å². The zero-order valence-corrected chi connectivity index (χ0v) is 27.9. The molecule has 1 heterocycles. The van der Waals surface area contributed by atoms with Crippen LogP contribution in [-0.4, -0.2) is 9.55 Å². The Bertz CT molecular complexity index is 1840. The lowest BCUT2D eigenvalue weighted by molar-refractivity contribution is 0.590. The molecular formula is C43H44N2. The molecule has 5 aromatic carbocycles. The van der Waals surface area contributed by atoms with Gasteiger partial charge in [-0.2, -0.15) is 0 Å². The van der Waals surface area contributed by atoms with Crippen LogP contribution in [0.1, 0.15) is 63.8 Å². The zero-order valence-electron chi connectivity index (χ0n) is 27.9. The lowest BCUT2D eigenvalue weighted by atomic mass is 9.85. The van der Waals surface area contributed by atoms with Gasteiger partial charge in [0.15, 0.2) is 0 Å². The zero-order chi connectivity index (χ0) is 31.9. The van der Waals surface area contributed by atoms with E-state index in [1.54, 1.807) is 0 Å². The van der Waals surface area contributed by atoms with Crippen molar-refractivity contribution in [2.24, 2.45) is 0 Å². The van der Waals surface area contributed by atoms with Gasteiger partial charge in [0.2, 0.25) is 0 Å². The lowest BCUT2D eigenvalue weighted by Gasteiger charge is -2.20. The number of nitrogens with zero attached hydrogens (tertiary/aromatic N) is 2. The number of aromatic nitrogens is 2. The first-order valence-corrected chi connectivity index (χ1v) is 16.0. The van der Waals surface area contributed by atoms with Gasteiger partial charge in [0.1, 0.15) is 5.82 Å². The lowest BCUT2D eigenvalue weighted by Crippen LogP contribution is -2.10. The van der Waals surface area contributed by atoms with Crippen LogP contribution in [0.3, 0.4) is 0 Å². The monoisotopic (exact) mass is 588 g/mol. The minimum absolute atomic E-state index is 0.118. The van der Waals surface area contributed by atoms with Crippen molar-refractivity contribution in [2.75, 3.05) is 0 Å². The highest BCUT2D eigenvalue weighted by Gasteiger charge is 2.17. The summed E-state index contributed by atoms with van der Waals surface area (Å²) in [6.45, 7) is 18.0. The van der Waals surface area contributed by atoms with Gasteiger partial charge in [0.05, 0.1) is 5.69 Å². The van der Waals surface area contributed by atoms with Crippen molar-refractivity contribution in [3.63, 3.8) is 0 Å². The maximum atomic E-state index is 4.72. The minimum Gasteiger partial charge on any atom is -0.299 e. The summed E-state index contributed by atoms with van der Waals surface area (Å²) >= 11 is 0. The molecule has 0 fully saturated rings. The number of imidazole rings is 1. The van der Waals surface area contributed by atoms with Crippen LogP contribution in [0.2, 0.25) is 0 Å². The second-order valence-electron chi connectivity index (χ2n) is 14.4. The number of benzene rings is 5. The smallest absolute Gasteiger partial charge is 0.144 e. The maximum absolute atomic E-state index is 4.72. The number of hydrogen-bond acceptors (Lipinski definition) is 1. The Morgan fingerprint density at radius 3 is 1.33 bits per heavy atom. The third-order valence-electron chi connectivity index (χ3n) is 8.84. The SMILES string of the molecule is Cc1cc(-c2cc(-c3ccc(C(C)(C)C)cc3)cc(-c3ccc(C(C)(C)C)cc3)c2)cc(C)c1-n1ccnc1-c1ccccc1. The average Bonchev–Trinajstić information content (AvgIpc) is 3.49. The molecule has 226 valence electrons. The summed E-state index contributed by atoms with van der Waals surface area (Å²) in [5.41, 5.74) is 15.0. The first-order chi connectivity index (χ1) is 21.4. The molecule has 0 saturated carbocycles. The van der Waals surface area contributed by atoms with E-state index in [0.29, 0.717) is 0 Å². The predicted molar refractivity (Wildman–Crippen MR) is 192 cm³/mol. The molecule has 0 radical (unpaired) electrons. The number of aryl methyl sites for hydroxylation is 2. The fraction of sp³-hybridized carbons (Fsp3) is 0.233. The van der Waals surface area contributed by atoms with Gasteiger partial charge >= 0.3 is 0 Å². The van der Waals surface area contributed by atoms with E-state index in [0.717, 1.165) is 11.4 Å². The second-order valence-corrected chi connectivity index (χ2v) is 14.4. The van der Waals surface area contributed by atoms with Crippen LogP contribution in [0.5, 0.6) is 0 Å². The molecule has 1 aromatic heterocycles. The molecule has 6 rings (SSSR count). The number of rotatable bonds is 5. The summed E-state index contributed by atoms with van der Waals surface area (Å²) < 4.78 is 2.22. The van der Waals surface area contributed by atoms with Crippen molar-refractivity contribution in [1.29, 1.82) is 0 Å². The summed E-state index contributed by atoms with van der Waals surface area (Å²) in [5, 5.41) is 0. The molecule has 2 nitrogen and oxygen atoms in total. The molecule has 0 unspecified atom stereocenters. The van der Waals surface area contributed by atoms with Gasteiger partial charge in [0, 0.05) is 18.0 Å². The Morgan fingerprint density at radius 2 is 0.889 bits per heavy atom. The van der Waals surface area contributed by atoms with Crippen molar-refractivity contribution in [3.05, 3.63) is 144 Å². The molecule has 0 aliphatic carbocycles. The fourth-order valence-corrected chi connectivity index (χ4v) is 6.24. The summed E-state index contributed by atoms with van der Waals surface area (Å²) in [6, 6.07) is 40.3. The van der Waals surface area contributed by atoms with Crippen molar-refractivity contribution in [1.82, 2.24) is 9.55 Å². The standard InChI is InChI=1S/C43H44N2/c1-29-24-34(25-30(2)40(29)45-23-22-44-41(45)33-12-10-9-11-13-33)37-27-35(31-14-18-38(19-15-31)42(3,4)5)26-36(28-37)32-16-20-39(21-17-32)43(6,7)8/h9-28H,1-8H3. The Kier molecular flexibility index (Phi) is 7.87. The molecule has 0 aliphatic heterocycles. The van der Waals surface area contributed by atoms with E-state index in [-0.39, 0.29) is 10.8 Å². The van der Waals surface area contributed by atoms with Gasteiger partial charge < -0.3 is 0 Å². The molecule has 45 heavy (non-hydrogen) atoms. The highest BCUT2D eigenvalue weighted by atomic mass is 15.1. The molecule has 0 spiro atoms. The van der Waals surface area contributed by atoms with Crippen molar-refractivity contribution < 1.29 is 0 Å². The van der Waals surface area contributed by atoms with Crippen molar-refractivity contribution >= 4 is 0 Å². The van der Waals surface area contributed by atoms with E-state index < -0.39 is 0 Å². The predicted octanol–water partition coefficient (Wildman–Crippen LogP) is 11.8. The van der Waals surface area contributed by atoms with Crippen LogP contribution in [0.25, 0.3) is 50.5 Å². The van der Waals surface area contributed by atoms with Gasteiger partial charge in [-0.05, 0) is 111 Å². The van der Waals surface area contributed by atoms with Gasteiger partial charge in [-0.25, -0.2) is 4.98 Å². The Hall–Kier alpha value is -4.69. The van der Waals surface area contributed by atoms with E-state index in [2.05, 4.69) is 169 Å². The van der Waals surface area contributed by atoms with Crippen molar-refractivity contribution in [2.45, 2.75) is 66.2 Å². The molecule has 0 bridgehead atoms. The molecular weight excluding hydrogens is 544 g/mol. The van der Waals surface area contributed by atoms with Crippen LogP contribution >= 0.6 is 0 Å². The van der Waals surface area contributed by atoms with E-state index in [1.165, 1.54) is 61.3 Å². The topological polar surface area (TPSA) is 17.8 Å². The largest absolute Gasteiger partial charge is 0.299 e. The van der Waals surface area contributed by atoms with E-state index in [9.17, 15) is 0 Å². The van der Waals surface area contributed by atoms with Gasteiger partial charge in [-0.15, -0.1) is 0 Å². The van der Waals surface area contributed by atoms with E-state index >= 15 is 0 Å². The Labute approximate surface area is 269 Å². The molecule has 0 amide bonds. The third kappa shape index (κ3) is 6.28. The van der Waals surface area contributed by atoms with E-state index in [1.807, 2.05) is 12.3 Å². The van der Waals surface area contributed by atoms with Gasteiger partial charge in [-0.3, -0.25) is 4.57 Å². The summed E-state index contributed by atoms with van der Waals surface area (Å²) in [5.74, 6) is 0.955. The molecule has 2 heteroatoms. The highest BCUT2D eigenvalue weighted by molar-refractivity contribution is 5.82. The van der Waals surface area contributed by atoms with Crippen LogP contribution in [-0.2, 0) is 10.8 Å². The molecule has 0 aliphatic rings. The van der Waals surface area contributed by atoms with Crippen LogP contribution in [0.4, 0.5) is 0 Å². The molecule has 0 N–H and O–H groups in total. The maximum Gasteiger partial charge on any atom is 0.144 e. The Balaban J connectivity index is 1.47. The fourth-order valence-electron chi connectivity index (χ4n) is 6.24. The minimum atomic E-state index is 0.118. The highest BCUT2D eigenvalue weighted by Crippen LogP contribution is 2.37. The van der Waals surface area contributed by atoms with E-state index in [4.69, 9.17) is 4.98 Å².